The lowest BCUT2D eigenvalue weighted by atomic mass is 10.2. The number of rotatable bonds is 5. The molecule has 0 bridgehead atoms. The molecule has 0 spiro atoms. The van der Waals surface area contributed by atoms with Crippen LogP contribution in [0, 0.1) is 0 Å². The minimum atomic E-state index is 0. The highest BCUT2D eigenvalue weighted by molar-refractivity contribution is 8.93. The van der Waals surface area contributed by atoms with E-state index in [4.69, 9.17) is 0 Å². The lowest BCUT2D eigenvalue weighted by Gasteiger charge is -1.89. The van der Waals surface area contributed by atoms with E-state index >= 15 is 0 Å². The van der Waals surface area contributed by atoms with Crippen LogP contribution in [0.2, 0.25) is 0 Å². The molecule has 0 fully saturated rings. The van der Waals surface area contributed by atoms with Crippen LogP contribution in [0.25, 0.3) is 0 Å². The predicted octanol–water partition coefficient (Wildman–Crippen LogP) is 14.1. The SMILES string of the molecule is Br.Br.Br.Br.Br.CCc1ccccc1.CCc1ccccc1.CCc1ccccc1.CCc1ccccc1.CCc1ccccc1. The molecule has 0 aliphatic heterocycles. The van der Waals surface area contributed by atoms with Crippen molar-refractivity contribution in [1.29, 1.82) is 0 Å². The van der Waals surface area contributed by atoms with Gasteiger partial charge in [0.05, 0.1) is 0 Å². The van der Waals surface area contributed by atoms with Crippen LogP contribution in [-0.2, 0) is 32.1 Å². The van der Waals surface area contributed by atoms with Gasteiger partial charge in [0.15, 0.2) is 0 Å². The van der Waals surface area contributed by atoms with E-state index in [0.717, 1.165) is 32.1 Å². The van der Waals surface area contributed by atoms with Gasteiger partial charge in [-0.05, 0) is 59.9 Å². The van der Waals surface area contributed by atoms with Crippen LogP contribution in [-0.4, -0.2) is 0 Å². The highest BCUT2D eigenvalue weighted by atomic mass is 79.9. The summed E-state index contributed by atoms with van der Waals surface area (Å²) >= 11 is 0. The maximum Gasteiger partial charge on any atom is -0.0307 e. The normalized spacial score (nSPS) is 8.11. The smallest absolute Gasteiger partial charge is 0.0307 e. The predicted molar refractivity (Wildman–Crippen MR) is 231 cm³/mol. The Morgan fingerprint density at radius 1 is 0.222 bits per heavy atom. The Morgan fingerprint density at radius 2 is 0.333 bits per heavy atom. The van der Waals surface area contributed by atoms with Crippen molar-refractivity contribution in [1.82, 2.24) is 0 Å². The van der Waals surface area contributed by atoms with Gasteiger partial charge in [0.2, 0.25) is 0 Å². The molecule has 5 rings (SSSR count). The van der Waals surface area contributed by atoms with Crippen LogP contribution in [0.5, 0.6) is 0 Å². The zero-order chi connectivity index (χ0) is 29.1. The van der Waals surface area contributed by atoms with E-state index in [9.17, 15) is 0 Å². The molecule has 0 unspecified atom stereocenters. The van der Waals surface area contributed by atoms with Crippen LogP contribution in [0.1, 0.15) is 62.4 Å². The summed E-state index contributed by atoms with van der Waals surface area (Å²) in [6, 6.07) is 52.3. The molecule has 0 aliphatic carbocycles. The summed E-state index contributed by atoms with van der Waals surface area (Å²) < 4.78 is 0. The molecule has 0 amide bonds. The fourth-order valence-corrected chi connectivity index (χ4v) is 3.57. The minimum absolute atomic E-state index is 0. The third-order valence-electron chi connectivity index (χ3n) is 6.26. The Bertz CT molecular complexity index is 959. The summed E-state index contributed by atoms with van der Waals surface area (Å²) in [5, 5.41) is 0. The third kappa shape index (κ3) is 29.6. The third-order valence-corrected chi connectivity index (χ3v) is 6.26. The maximum absolute atomic E-state index is 2.16. The van der Waals surface area contributed by atoms with Gasteiger partial charge in [-0.1, -0.05) is 186 Å². The second-order valence-corrected chi connectivity index (χ2v) is 9.20. The Kier molecular flexibility index (Phi) is 45.6. The first-order chi connectivity index (χ1) is 19.7. The van der Waals surface area contributed by atoms with Crippen LogP contribution < -0.4 is 0 Å². The highest BCUT2D eigenvalue weighted by Crippen LogP contribution is 1.99. The fraction of sp³-hybridized carbons (Fsp3) is 0.250. The lowest BCUT2D eigenvalue weighted by Crippen LogP contribution is -1.73. The van der Waals surface area contributed by atoms with Gasteiger partial charge >= 0.3 is 0 Å². The van der Waals surface area contributed by atoms with Gasteiger partial charge in [-0.3, -0.25) is 0 Å². The zero-order valence-corrected chi connectivity index (χ0v) is 36.1. The molecule has 5 heteroatoms. The molecular formula is C40H55Br5. The van der Waals surface area contributed by atoms with Crippen molar-refractivity contribution in [3.05, 3.63) is 179 Å². The summed E-state index contributed by atoms with van der Waals surface area (Å²) in [6.07, 6.45) is 5.70. The average Bonchev–Trinajstić information content (AvgIpc) is 3.07. The number of hydrogen-bond acceptors (Lipinski definition) is 0. The van der Waals surface area contributed by atoms with E-state index in [1.54, 1.807) is 0 Å². The summed E-state index contributed by atoms with van der Waals surface area (Å²) in [5.41, 5.74) is 7.05. The van der Waals surface area contributed by atoms with Gasteiger partial charge in [-0.2, -0.15) is 0 Å². The van der Waals surface area contributed by atoms with Crippen molar-refractivity contribution in [3.63, 3.8) is 0 Å². The van der Waals surface area contributed by atoms with Crippen molar-refractivity contribution in [2.45, 2.75) is 66.7 Å². The zero-order valence-electron chi connectivity index (χ0n) is 27.5. The number of hydrogen-bond donors (Lipinski definition) is 0. The molecule has 0 N–H and O–H groups in total. The molecule has 0 saturated carbocycles. The Labute approximate surface area is 328 Å². The molecule has 0 radical (unpaired) electrons. The van der Waals surface area contributed by atoms with Crippen molar-refractivity contribution in [2.24, 2.45) is 0 Å². The quantitative estimate of drug-likeness (QED) is 0.165. The Morgan fingerprint density at radius 3 is 0.400 bits per heavy atom. The van der Waals surface area contributed by atoms with Gasteiger partial charge < -0.3 is 0 Å². The van der Waals surface area contributed by atoms with Crippen molar-refractivity contribution in [2.75, 3.05) is 0 Å². The molecule has 0 atom stereocenters. The molecule has 0 heterocycles. The first-order valence-electron chi connectivity index (χ1n) is 14.9. The second-order valence-electron chi connectivity index (χ2n) is 9.20. The average molecular weight is 935 g/mol. The highest BCUT2D eigenvalue weighted by Gasteiger charge is 1.82. The molecule has 5 aromatic carbocycles. The number of halogens is 5. The van der Waals surface area contributed by atoms with E-state index in [0.29, 0.717) is 0 Å². The van der Waals surface area contributed by atoms with Gasteiger partial charge in [-0.15, -0.1) is 84.9 Å². The van der Waals surface area contributed by atoms with Crippen molar-refractivity contribution >= 4 is 84.9 Å². The van der Waals surface area contributed by atoms with Crippen molar-refractivity contribution in [3.8, 4) is 0 Å². The van der Waals surface area contributed by atoms with Gasteiger partial charge in [0, 0.05) is 0 Å². The maximum atomic E-state index is 2.16. The van der Waals surface area contributed by atoms with Crippen LogP contribution in [0.3, 0.4) is 0 Å². The summed E-state index contributed by atoms with van der Waals surface area (Å²) in [6.45, 7) is 10.8. The van der Waals surface area contributed by atoms with Gasteiger partial charge in [0.25, 0.3) is 0 Å². The number of benzene rings is 5. The summed E-state index contributed by atoms with van der Waals surface area (Å²) in [4.78, 5) is 0. The molecular weight excluding hydrogens is 880 g/mol. The molecule has 0 aliphatic rings. The summed E-state index contributed by atoms with van der Waals surface area (Å²) in [5.74, 6) is 0. The fourth-order valence-electron chi connectivity index (χ4n) is 3.57. The first kappa shape index (κ1) is 53.0. The lowest BCUT2D eigenvalue weighted by molar-refractivity contribution is 1.14. The van der Waals surface area contributed by atoms with E-state index < -0.39 is 0 Å². The van der Waals surface area contributed by atoms with Crippen LogP contribution in [0.4, 0.5) is 0 Å². The van der Waals surface area contributed by atoms with Crippen LogP contribution in [0.15, 0.2) is 152 Å². The molecule has 0 aromatic heterocycles. The van der Waals surface area contributed by atoms with E-state index in [2.05, 4.69) is 156 Å². The molecule has 250 valence electrons. The largest absolute Gasteiger partial charge is 0.114 e. The van der Waals surface area contributed by atoms with Gasteiger partial charge in [0.1, 0.15) is 0 Å². The molecule has 0 nitrogen and oxygen atoms in total. The molecule has 45 heavy (non-hydrogen) atoms. The van der Waals surface area contributed by atoms with Crippen LogP contribution >= 0.6 is 84.9 Å². The number of aryl methyl sites for hydroxylation is 5. The van der Waals surface area contributed by atoms with E-state index in [1.807, 2.05) is 30.3 Å². The standard InChI is InChI=1S/5C8H10.5BrH/c5*1-2-8-6-4-3-5-7-8;;;;;/h5*3-7H,2H2,1H3;5*1H. The molecule has 5 aromatic rings. The second kappa shape index (κ2) is 38.7. The Balaban J connectivity index is -0.000000144. The van der Waals surface area contributed by atoms with Gasteiger partial charge in [-0.25, -0.2) is 0 Å². The van der Waals surface area contributed by atoms with E-state index in [1.165, 1.54) is 27.8 Å². The Hall–Kier alpha value is -1.50. The first-order valence-corrected chi connectivity index (χ1v) is 14.9. The van der Waals surface area contributed by atoms with Crippen molar-refractivity contribution < 1.29 is 0 Å². The topological polar surface area (TPSA) is 0 Å². The monoisotopic (exact) mass is 930 g/mol. The molecule has 0 saturated heterocycles. The summed E-state index contributed by atoms with van der Waals surface area (Å²) in [7, 11) is 0. The van der Waals surface area contributed by atoms with E-state index in [-0.39, 0.29) is 84.9 Å². The minimum Gasteiger partial charge on any atom is -0.114 e.